The Kier molecular flexibility index (Phi) is 4.29. The van der Waals surface area contributed by atoms with Gasteiger partial charge in [0.15, 0.2) is 0 Å². The van der Waals surface area contributed by atoms with Crippen LogP contribution in [-0.4, -0.2) is 13.5 Å². The van der Waals surface area contributed by atoms with E-state index in [1.807, 2.05) is 0 Å². The highest BCUT2D eigenvalue weighted by Gasteiger charge is 2.15. The molecule has 1 unspecified atom stereocenters. The van der Waals surface area contributed by atoms with E-state index in [1.54, 1.807) is 19.9 Å². The number of aliphatic hydroxyl groups is 1. The summed E-state index contributed by atoms with van der Waals surface area (Å²) in [5, 5.41) is 9.41. The molecule has 1 atom stereocenters. The maximum absolute atomic E-state index is 13.3. The number of aryl methyl sites for hydroxylation is 1. The highest BCUT2D eigenvalue weighted by atomic mass is 32.2. The van der Waals surface area contributed by atoms with Crippen molar-refractivity contribution < 1.29 is 17.9 Å². The van der Waals surface area contributed by atoms with Gasteiger partial charge in [-0.05, 0) is 55.3 Å². The molecule has 0 aromatic heterocycles. The molecule has 0 bridgehead atoms. The normalized spacial score (nSPS) is 13.0. The number of rotatable bonds is 4. The number of hydrogen-bond donors (Lipinski definition) is 2. The minimum Gasteiger partial charge on any atom is -0.389 e. The van der Waals surface area contributed by atoms with Gasteiger partial charge in [0.2, 0.25) is 0 Å². The van der Waals surface area contributed by atoms with E-state index in [2.05, 4.69) is 4.72 Å². The fourth-order valence-electron chi connectivity index (χ4n) is 1.93. The Bertz CT molecular complexity index is 720. The molecule has 2 N–H and O–H groups in total. The van der Waals surface area contributed by atoms with E-state index in [-0.39, 0.29) is 10.6 Å². The van der Waals surface area contributed by atoms with E-state index >= 15 is 0 Å². The smallest absolute Gasteiger partial charge is 0.261 e. The van der Waals surface area contributed by atoms with E-state index in [9.17, 15) is 17.9 Å². The average molecular weight is 309 g/mol. The first kappa shape index (κ1) is 15.5. The largest absolute Gasteiger partial charge is 0.389 e. The van der Waals surface area contributed by atoms with Gasteiger partial charge in [0.25, 0.3) is 10.0 Å². The van der Waals surface area contributed by atoms with E-state index in [0.29, 0.717) is 11.1 Å². The molecule has 0 saturated heterocycles. The first-order chi connectivity index (χ1) is 9.78. The zero-order valence-electron chi connectivity index (χ0n) is 11.7. The van der Waals surface area contributed by atoms with Crippen LogP contribution in [0.25, 0.3) is 0 Å². The van der Waals surface area contributed by atoms with Crippen molar-refractivity contribution in [2.75, 3.05) is 4.72 Å². The first-order valence-corrected chi connectivity index (χ1v) is 7.84. The van der Waals surface area contributed by atoms with E-state index in [1.165, 1.54) is 30.3 Å². The number of aliphatic hydroxyl groups excluding tert-OH is 1. The molecule has 0 aliphatic heterocycles. The van der Waals surface area contributed by atoms with Gasteiger partial charge < -0.3 is 5.11 Å². The highest BCUT2D eigenvalue weighted by Crippen LogP contribution is 2.20. The molecular weight excluding hydrogens is 293 g/mol. The summed E-state index contributed by atoms with van der Waals surface area (Å²) < 4.78 is 40.0. The molecule has 0 heterocycles. The Labute approximate surface area is 123 Å². The molecule has 0 spiro atoms. The van der Waals surface area contributed by atoms with E-state index < -0.39 is 21.9 Å². The third kappa shape index (κ3) is 3.80. The minimum absolute atomic E-state index is 0.0498. The minimum atomic E-state index is -3.79. The predicted octanol–water partition coefficient (Wildman–Crippen LogP) is 2.99. The van der Waals surface area contributed by atoms with Crippen molar-refractivity contribution in [3.63, 3.8) is 0 Å². The standard InChI is InChI=1S/C15H16FNO3S/c1-10-7-13(16)9-14(8-10)17-21(19,20)15-5-3-12(4-6-15)11(2)18/h3-9,11,17-18H,1-2H3. The van der Waals surface area contributed by atoms with Crippen molar-refractivity contribution in [1.82, 2.24) is 0 Å². The lowest BCUT2D eigenvalue weighted by Crippen LogP contribution is -2.13. The second-order valence-corrected chi connectivity index (χ2v) is 6.55. The monoisotopic (exact) mass is 309 g/mol. The van der Waals surface area contributed by atoms with Crippen molar-refractivity contribution in [2.24, 2.45) is 0 Å². The summed E-state index contributed by atoms with van der Waals surface area (Å²) in [4.78, 5) is 0.0498. The summed E-state index contributed by atoms with van der Waals surface area (Å²) in [5.74, 6) is -0.503. The molecule has 0 amide bonds. The van der Waals surface area contributed by atoms with Gasteiger partial charge in [0.05, 0.1) is 16.7 Å². The van der Waals surface area contributed by atoms with Gasteiger partial charge in [-0.25, -0.2) is 12.8 Å². The van der Waals surface area contributed by atoms with Crippen molar-refractivity contribution in [1.29, 1.82) is 0 Å². The molecule has 112 valence electrons. The number of benzene rings is 2. The molecule has 2 aromatic rings. The van der Waals surface area contributed by atoms with Crippen LogP contribution in [0.2, 0.25) is 0 Å². The van der Waals surface area contributed by atoms with Crippen LogP contribution in [0.3, 0.4) is 0 Å². The fraction of sp³-hybridized carbons (Fsp3) is 0.200. The van der Waals surface area contributed by atoms with Gasteiger partial charge >= 0.3 is 0 Å². The topological polar surface area (TPSA) is 66.4 Å². The van der Waals surface area contributed by atoms with E-state index in [0.717, 1.165) is 6.07 Å². The third-order valence-corrected chi connectivity index (χ3v) is 4.36. The molecule has 0 radical (unpaired) electrons. The number of halogens is 1. The van der Waals surface area contributed by atoms with Gasteiger partial charge in [-0.1, -0.05) is 12.1 Å². The molecule has 6 heteroatoms. The highest BCUT2D eigenvalue weighted by molar-refractivity contribution is 7.92. The Morgan fingerprint density at radius 1 is 1.14 bits per heavy atom. The van der Waals surface area contributed by atoms with Crippen molar-refractivity contribution in [2.45, 2.75) is 24.8 Å². The van der Waals surface area contributed by atoms with Crippen LogP contribution in [0, 0.1) is 12.7 Å². The molecule has 0 fully saturated rings. The van der Waals surface area contributed by atoms with Crippen LogP contribution < -0.4 is 4.72 Å². The first-order valence-electron chi connectivity index (χ1n) is 6.36. The molecule has 0 aliphatic carbocycles. The molecule has 4 nitrogen and oxygen atoms in total. The number of anilines is 1. The van der Waals surface area contributed by atoms with Crippen LogP contribution in [0.15, 0.2) is 47.4 Å². The molecular formula is C15H16FNO3S. The Morgan fingerprint density at radius 2 is 1.76 bits per heavy atom. The zero-order valence-corrected chi connectivity index (χ0v) is 12.5. The van der Waals surface area contributed by atoms with E-state index in [4.69, 9.17) is 0 Å². The van der Waals surface area contributed by atoms with Crippen molar-refractivity contribution in [3.05, 3.63) is 59.4 Å². The quantitative estimate of drug-likeness (QED) is 0.912. The number of sulfonamides is 1. The third-order valence-electron chi connectivity index (χ3n) is 2.97. The fourth-order valence-corrected chi connectivity index (χ4v) is 2.98. The van der Waals surface area contributed by atoms with Crippen molar-refractivity contribution >= 4 is 15.7 Å². The summed E-state index contributed by atoms with van der Waals surface area (Å²) in [6.45, 7) is 3.27. The number of hydrogen-bond acceptors (Lipinski definition) is 3. The summed E-state index contributed by atoms with van der Waals surface area (Å²) in [5.41, 5.74) is 1.42. The molecule has 0 aliphatic rings. The maximum atomic E-state index is 13.3. The van der Waals surface area contributed by atoms with Crippen molar-refractivity contribution in [3.8, 4) is 0 Å². The molecule has 2 aromatic carbocycles. The second-order valence-electron chi connectivity index (χ2n) is 4.87. The van der Waals surface area contributed by atoms with Gasteiger partial charge in [0, 0.05) is 0 Å². The SMILES string of the molecule is Cc1cc(F)cc(NS(=O)(=O)c2ccc(C(C)O)cc2)c1. The zero-order chi connectivity index (χ0) is 15.6. The predicted molar refractivity (Wildman–Crippen MR) is 79.0 cm³/mol. The van der Waals surface area contributed by atoms with Gasteiger partial charge in [-0.3, -0.25) is 4.72 Å². The summed E-state index contributed by atoms with van der Waals surface area (Å²) in [6.07, 6.45) is -0.666. The maximum Gasteiger partial charge on any atom is 0.261 e. The average Bonchev–Trinajstić information content (AvgIpc) is 2.37. The number of nitrogens with one attached hydrogen (secondary N) is 1. The van der Waals surface area contributed by atoms with Crippen LogP contribution in [-0.2, 0) is 10.0 Å². The van der Waals surface area contributed by atoms with Gasteiger partial charge in [0.1, 0.15) is 5.82 Å². The Hall–Kier alpha value is -1.92. The molecule has 2 rings (SSSR count). The second kappa shape index (κ2) is 5.83. The summed E-state index contributed by atoms with van der Waals surface area (Å²) >= 11 is 0. The van der Waals surface area contributed by atoms with Gasteiger partial charge in [-0.15, -0.1) is 0 Å². The molecule has 21 heavy (non-hydrogen) atoms. The Balaban J connectivity index is 2.29. The Morgan fingerprint density at radius 3 is 2.29 bits per heavy atom. The van der Waals surface area contributed by atoms with Crippen LogP contribution in [0.4, 0.5) is 10.1 Å². The van der Waals surface area contributed by atoms with Gasteiger partial charge in [-0.2, -0.15) is 0 Å². The van der Waals surface area contributed by atoms with Crippen LogP contribution in [0.5, 0.6) is 0 Å². The lowest BCUT2D eigenvalue weighted by atomic mass is 10.1. The summed E-state index contributed by atoms with van der Waals surface area (Å²) in [6, 6.07) is 9.86. The lowest BCUT2D eigenvalue weighted by molar-refractivity contribution is 0.199. The summed E-state index contributed by atoms with van der Waals surface area (Å²) in [7, 11) is -3.79. The van der Waals surface area contributed by atoms with Crippen LogP contribution >= 0.6 is 0 Å². The lowest BCUT2D eigenvalue weighted by Gasteiger charge is -2.10. The van der Waals surface area contributed by atoms with Crippen LogP contribution in [0.1, 0.15) is 24.2 Å². The molecule has 0 saturated carbocycles.